The maximum absolute atomic E-state index is 13.9. The molecule has 4 nitrogen and oxygen atoms in total. The summed E-state index contributed by atoms with van der Waals surface area (Å²) in [5, 5.41) is 0. The second kappa shape index (κ2) is 5.75. The number of rotatable bonds is 3. The maximum Gasteiger partial charge on any atom is 0.246 e. The van der Waals surface area contributed by atoms with Gasteiger partial charge < -0.3 is 4.74 Å². The third-order valence-corrected chi connectivity index (χ3v) is 5.39. The molecule has 0 unspecified atom stereocenters. The molecular weight excluding hydrogens is 288 g/mol. The third kappa shape index (κ3) is 2.84. The lowest BCUT2D eigenvalue weighted by molar-refractivity contribution is 0.0571. The molecule has 7 heteroatoms. The van der Waals surface area contributed by atoms with Gasteiger partial charge in [0.25, 0.3) is 0 Å². The van der Waals surface area contributed by atoms with E-state index in [1.54, 1.807) is 0 Å². The molecule has 1 aromatic carbocycles. The summed E-state index contributed by atoms with van der Waals surface area (Å²) in [6.45, 7) is 1.83. The van der Waals surface area contributed by atoms with Gasteiger partial charge in [-0.05, 0) is 37.5 Å². The molecule has 1 fully saturated rings. The number of nitrogens with zero attached hydrogens (tertiary/aromatic N) is 1. The van der Waals surface area contributed by atoms with Crippen molar-refractivity contribution < 1.29 is 21.9 Å². The minimum absolute atomic E-state index is 0.0786. The first-order valence-electron chi connectivity index (χ1n) is 6.35. The Balaban J connectivity index is 2.37. The van der Waals surface area contributed by atoms with Gasteiger partial charge in [-0.1, -0.05) is 0 Å². The number of sulfonamides is 1. The average molecular weight is 305 g/mol. The topological polar surface area (TPSA) is 46.6 Å². The average Bonchev–Trinajstić information content (AvgIpc) is 2.42. The van der Waals surface area contributed by atoms with E-state index in [-0.39, 0.29) is 24.8 Å². The van der Waals surface area contributed by atoms with Crippen LogP contribution >= 0.6 is 0 Å². The van der Waals surface area contributed by atoms with Crippen LogP contribution in [0.4, 0.5) is 8.78 Å². The van der Waals surface area contributed by atoms with Crippen molar-refractivity contribution in [3.63, 3.8) is 0 Å². The number of methoxy groups -OCH3 is 1. The molecule has 0 aliphatic carbocycles. The molecule has 20 heavy (non-hydrogen) atoms. The predicted molar refractivity (Wildman–Crippen MR) is 69.9 cm³/mol. The van der Waals surface area contributed by atoms with Crippen molar-refractivity contribution in [1.29, 1.82) is 0 Å². The standard InChI is InChI=1S/C13H17F2NO3S/c1-9-6-12(15)13(7-11(9)14)20(17,18)16-5-3-4-10(8-16)19-2/h6-7,10H,3-5,8H2,1-2H3/t10-/m1/s1. The van der Waals surface area contributed by atoms with Gasteiger partial charge in [0.15, 0.2) is 0 Å². The van der Waals surface area contributed by atoms with Crippen LogP contribution < -0.4 is 0 Å². The Bertz CT molecular complexity index is 604. The summed E-state index contributed by atoms with van der Waals surface area (Å²) in [6, 6.07) is 1.65. The molecule has 1 heterocycles. The van der Waals surface area contributed by atoms with Crippen LogP contribution in [0.1, 0.15) is 18.4 Å². The number of halogens is 2. The zero-order valence-electron chi connectivity index (χ0n) is 11.4. The van der Waals surface area contributed by atoms with E-state index in [2.05, 4.69) is 0 Å². The van der Waals surface area contributed by atoms with E-state index in [9.17, 15) is 17.2 Å². The highest BCUT2D eigenvalue weighted by Gasteiger charge is 2.32. The second-order valence-electron chi connectivity index (χ2n) is 4.89. The van der Waals surface area contributed by atoms with Crippen LogP contribution in [0.25, 0.3) is 0 Å². The summed E-state index contributed by atoms with van der Waals surface area (Å²) < 4.78 is 58.5. The van der Waals surface area contributed by atoms with Gasteiger partial charge >= 0.3 is 0 Å². The minimum Gasteiger partial charge on any atom is -0.380 e. The molecule has 1 atom stereocenters. The van der Waals surface area contributed by atoms with Crippen LogP contribution in [0.5, 0.6) is 0 Å². The summed E-state index contributed by atoms with van der Waals surface area (Å²) >= 11 is 0. The van der Waals surface area contributed by atoms with Crippen molar-refractivity contribution >= 4 is 10.0 Å². The fraction of sp³-hybridized carbons (Fsp3) is 0.538. The maximum atomic E-state index is 13.9. The second-order valence-corrected chi connectivity index (χ2v) is 6.80. The first kappa shape index (κ1) is 15.3. The Labute approximate surface area is 117 Å². The molecule has 1 aromatic rings. The summed E-state index contributed by atoms with van der Waals surface area (Å²) in [5.41, 5.74) is 0.0786. The molecule has 1 aliphatic heterocycles. The monoisotopic (exact) mass is 305 g/mol. The zero-order chi connectivity index (χ0) is 14.9. The molecule has 0 saturated carbocycles. The Morgan fingerprint density at radius 1 is 1.30 bits per heavy atom. The van der Waals surface area contributed by atoms with Crippen LogP contribution in [0, 0.1) is 18.6 Å². The zero-order valence-corrected chi connectivity index (χ0v) is 12.2. The van der Waals surface area contributed by atoms with Crippen LogP contribution in [0.3, 0.4) is 0 Å². The summed E-state index contributed by atoms with van der Waals surface area (Å²) in [7, 11) is -2.53. The molecule has 0 radical (unpaired) electrons. The molecule has 112 valence electrons. The van der Waals surface area contributed by atoms with Gasteiger partial charge in [-0.2, -0.15) is 4.31 Å². The van der Waals surface area contributed by atoms with E-state index in [4.69, 9.17) is 4.74 Å². The number of hydrogen-bond acceptors (Lipinski definition) is 3. The van der Waals surface area contributed by atoms with Crippen molar-refractivity contribution in [2.45, 2.75) is 30.8 Å². The van der Waals surface area contributed by atoms with E-state index < -0.39 is 26.6 Å². The van der Waals surface area contributed by atoms with Crippen LogP contribution in [-0.4, -0.2) is 39.0 Å². The predicted octanol–water partition coefficient (Wildman–Crippen LogP) is 2.07. The summed E-state index contributed by atoms with van der Waals surface area (Å²) in [6.07, 6.45) is 1.18. The molecule has 0 amide bonds. The molecular formula is C13H17F2NO3S. The van der Waals surface area contributed by atoms with E-state index in [0.29, 0.717) is 6.42 Å². The molecule has 0 bridgehead atoms. The van der Waals surface area contributed by atoms with Crippen molar-refractivity contribution in [2.24, 2.45) is 0 Å². The molecule has 2 rings (SSSR count). The van der Waals surface area contributed by atoms with Crippen LogP contribution in [0.15, 0.2) is 17.0 Å². The Morgan fingerprint density at radius 2 is 2.00 bits per heavy atom. The molecule has 0 spiro atoms. The molecule has 1 aliphatic rings. The van der Waals surface area contributed by atoms with Gasteiger partial charge in [0.2, 0.25) is 10.0 Å². The first-order chi connectivity index (χ1) is 9.36. The largest absolute Gasteiger partial charge is 0.380 e. The Kier molecular flexibility index (Phi) is 4.41. The van der Waals surface area contributed by atoms with Gasteiger partial charge in [0, 0.05) is 20.2 Å². The number of aryl methyl sites for hydroxylation is 1. The number of hydrogen-bond donors (Lipinski definition) is 0. The van der Waals surface area contributed by atoms with Crippen molar-refractivity contribution in [3.05, 3.63) is 29.3 Å². The van der Waals surface area contributed by atoms with Crippen LogP contribution in [0.2, 0.25) is 0 Å². The highest BCUT2D eigenvalue weighted by atomic mass is 32.2. The SMILES string of the molecule is CO[C@@H]1CCCN(S(=O)(=O)c2cc(F)c(C)cc2F)C1. The lowest BCUT2D eigenvalue weighted by Crippen LogP contribution is -2.43. The quantitative estimate of drug-likeness (QED) is 0.859. The lowest BCUT2D eigenvalue weighted by atomic mass is 10.1. The Hall–Kier alpha value is -1.05. The molecule has 0 N–H and O–H groups in total. The first-order valence-corrected chi connectivity index (χ1v) is 7.79. The lowest BCUT2D eigenvalue weighted by Gasteiger charge is -2.31. The fourth-order valence-corrected chi connectivity index (χ4v) is 3.85. The van der Waals surface area contributed by atoms with Gasteiger partial charge in [-0.15, -0.1) is 0 Å². The van der Waals surface area contributed by atoms with E-state index in [1.807, 2.05) is 0 Å². The smallest absolute Gasteiger partial charge is 0.246 e. The molecule has 0 aromatic heterocycles. The fourth-order valence-electron chi connectivity index (χ4n) is 2.28. The minimum atomic E-state index is -4.04. The number of ether oxygens (including phenoxy) is 1. The van der Waals surface area contributed by atoms with Crippen molar-refractivity contribution in [3.8, 4) is 0 Å². The van der Waals surface area contributed by atoms with E-state index in [0.717, 1.165) is 22.9 Å². The van der Waals surface area contributed by atoms with E-state index in [1.165, 1.54) is 14.0 Å². The van der Waals surface area contributed by atoms with Crippen molar-refractivity contribution in [1.82, 2.24) is 4.31 Å². The van der Waals surface area contributed by atoms with E-state index >= 15 is 0 Å². The summed E-state index contributed by atoms with van der Waals surface area (Å²) in [4.78, 5) is -0.614. The van der Waals surface area contributed by atoms with Crippen molar-refractivity contribution in [2.75, 3.05) is 20.2 Å². The highest BCUT2D eigenvalue weighted by molar-refractivity contribution is 7.89. The van der Waals surface area contributed by atoms with Gasteiger partial charge in [-0.3, -0.25) is 0 Å². The van der Waals surface area contributed by atoms with Gasteiger partial charge in [0.1, 0.15) is 16.5 Å². The van der Waals surface area contributed by atoms with Crippen LogP contribution in [-0.2, 0) is 14.8 Å². The van der Waals surface area contributed by atoms with Gasteiger partial charge in [0.05, 0.1) is 6.10 Å². The normalized spacial score (nSPS) is 21.1. The van der Waals surface area contributed by atoms with Gasteiger partial charge in [-0.25, -0.2) is 17.2 Å². The summed E-state index contributed by atoms with van der Waals surface area (Å²) in [5.74, 6) is -1.66. The third-order valence-electron chi connectivity index (χ3n) is 3.51. The number of benzene rings is 1. The number of piperidine rings is 1. The highest BCUT2D eigenvalue weighted by Crippen LogP contribution is 2.25. The molecule has 1 saturated heterocycles. The Morgan fingerprint density at radius 3 is 2.65 bits per heavy atom.